The van der Waals surface area contributed by atoms with Crippen molar-refractivity contribution in [2.45, 2.75) is 56.9 Å². The molecule has 2 rings (SSSR count). The van der Waals surface area contributed by atoms with E-state index in [9.17, 15) is 4.79 Å². The van der Waals surface area contributed by atoms with Gasteiger partial charge in [-0.1, -0.05) is 13.8 Å². The summed E-state index contributed by atoms with van der Waals surface area (Å²) in [5.41, 5.74) is 0. The predicted octanol–water partition coefficient (Wildman–Crippen LogP) is 2.71. The zero-order valence-electron chi connectivity index (χ0n) is 10.7. The maximum atomic E-state index is 11.1. The Balaban J connectivity index is 1.95. The molecule has 1 aliphatic heterocycles. The number of hydrogen-bond donors (Lipinski definition) is 2. The molecule has 1 heterocycles. The Hall–Kier alpha value is -0.220. The molecule has 0 aromatic heterocycles. The minimum absolute atomic E-state index is 0.0622. The summed E-state index contributed by atoms with van der Waals surface area (Å²) >= 11 is 1.95. The van der Waals surface area contributed by atoms with Gasteiger partial charge in [0, 0.05) is 0 Å². The zero-order chi connectivity index (χ0) is 12.5. The summed E-state index contributed by atoms with van der Waals surface area (Å²) in [4.78, 5) is 11.1. The van der Waals surface area contributed by atoms with Gasteiger partial charge >= 0.3 is 5.97 Å². The normalized spacial score (nSPS) is 38.5. The molecule has 17 heavy (non-hydrogen) atoms. The molecule has 0 aromatic carbocycles. The fourth-order valence-corrected chi connectivity index (χ4v) is 4.54. The third-order valence-electron chi connectivity index (χ3n) is 4.30. The summed E-state index contributed by atoms with van der Waals surface area (Å²) in [7, 11) is 0. The van der Waals surface area contributed by atoms with Crippen LogP contribution in [0.1, 0.15) is 46.0 Å². The molecular weight excluding hydrogens is 234 g/mol. The first-order valence-corrected chi connectivity index (χ1v) is 7.65. The van der Waals surface area contributed by atoms with Gasteiger partial charge in [0.25, 0.3) is 0 Å². The number of hydrogen-bond acceptors (Lipinski definition) is 3. The smallest absolute Gasteiger partial charge is 0.320 e. The fraction of sp³-hybridized carbons (Fsp3) is 0.923. The van der Waals surface area contributed by atoms with Crippen molar-refractivity contribution >= 4 is 17.7 Å². The number of rotatable bonds is 2. The van der Waals surface area contributed by atoms with Crippen molar-refractivity contribution in [1.82, 2.24) is 5.32 Å². The van der Waals surface area contributed by atoms with Crippen molar-refractivity contribution in [3.05, 3.63) is 0 Å². The Morgan fingerprint density at radius 2 is 2.00 bits per heavy atom. The van der Waals surface area contributed by atoms with Crippen LogP contribution < -0.4 is 5.32 Å². The van der Waals surface area contributed by atoms with Crippen molar-refractivity contribution in [3.63, 3.8) is 0 Å². The Morgan fingerprint density at radius 3 is 2.53 bits per heavy atom. The molecule has 1 aliphatic carbocycles. The van der Waals surface area contributed by atoms with E-state index in [0.717, 1.165) is 36.9 Å². The Labute approximate surface area is 108 Å². The van der Waals surface area contributed by atoms with Crippen molar-refractivity contribution in [2.75, 3.05) is 5.75 Å². The van der Waals surface area contributed by atoms with Gasteiger partial charge in [0.1, 0.15) is 6.04 Å². The highest BCUT2D eigenvalue weighted by Crippen LogP contribution is 2.44. The van der Waals surface area contributed by atoms with Crippen molar-refractivity contribution < 1.29 is 9.90 Å². The quantitative estimate of drug-likeness (QED) is 0.798. The summed E-state index contributed by atoms with van der Waals surface area (Å²) < 4.78 is 0. The van der Waals surface area contributed by atoms with E-state index in [1.807, 2.05) is 11.8 Å². The molecule has 1 atom stereocenters. The van der Waals surface area contributed by atoms with Gasteiger partial charge < -0.3 is 5.11 Å². The third-order valence-corrected chi connectivity index (χ3v) is 5.82. The lowest BCUT2D eigenvalue weighted by Crippen LogP contribution is -2.56. The van der Waals surface area contributed by atoms with Crippen LogP contribution in [0.4, 0.5) is 0 Å². The number of carbonyl (C=O) groups is 1. The molecule has 3 nitrogen and oxygen atoms in total. The lowest BCUT2D eigenvalue weighted by Gasteiger charge is -2.45. The summed E-state index contributed by atoms with van der Waals surface area (Å²) in [6.07, 6.45) is 5.50. The van der Waals surface area contributed by atoms with E-state index in [1.165, 1.54) is 12.8 Å². The van der Waals surface area contributed by atoms with E-state index in [-0.39, 0.29) is 10.9 Å². The monoisotopic (exact) mass is 257 g/mol. The highest BCUT2D eigenvalue weighted by Gasteiger charge is 2.41. The van der Waals surface area contributed by atoms with Crippen LogP contribution in [0.2, 0.25) is 0 Å². The minimum atomic E-state index is -0.685. The van der Waals surface area contributed by atoms with Gasteiger partial charge in [-0.15, -0.1) is 11.8 Å². The maximum absolute atomic E-state index is 11.1. The maximum Gasteiger partial charge on any atom is 0.320 e. The molecule has 1 spiro atoms. The lowest BCUT2D eigenvalue weighted by molar-refractivity contribution is -0.140. The van der Waals surface area contributed by atoms with Crippen molar-refractivity contribution in [2.24, 2.45) is 11.8 Å². The third kappa shape index (κ3) is 2.97. The predicted molar refractivity (Wildman–Crippen MR) is 71.2 cm³/mol. The van der Waals surface area contributed by atoms with Crippen LogP contribution in [-0.2, 0) is 4.79 Å². The van der Waals surface area contributed by atoms with E-state index >= 15 is 0 Å². The van der Waals surface area contributed by atoms with Crippen LogP contribution in [0.25, 0.3) is 0 Å². The highest BCUT2D eigenvalue weighted by molar-refractivity contribution is 8.00. The van der Waals surface area contributed by atoms with Gasteiger partial charge in [-0.05, 0) is 49.7 Å². The zero-order valence-corrected chi connectivity index (χ0v) is 11.6. The summed E-state index contributed by atoms with van der Waals surface area (Å²) in [5, 5.41) is 12.5. The van der Waals surface area contributed by atoms with E-state index in [0.29, 0.717) is 0 Å². The number of carboxylic acid groups (broad SMARTS) is 1. The molecular formula is C13H23NO2S. The van der Waals surface area contributed by atoms with E-state index in [1.54, 1.807) is 0 Å². The standard InChI is InChI=1S/C13H23NO2S/c1-9(2)10-3-6-13(7-4-10)14-11(12(15)16)5-8-17-13/h9-11,14H,3-8H2,1-2H3,(H,15,16). The van der Waals surface area contributed by atoms with E-state index in [4.69, 9.17) is 5.11 Å². The first-order chi connectivity index (χ1) is 8.02. The van der Waals surface area contributed by atoms with E-state index in [2.05, 4.69) is 19.2 Å². The van der Waals surface area contributed by atoms with Gasteiger partial charge in [0.15, 0.2) is 0 Å². The van der Waals surface area contributed by atoms with Crippen LogP contribution in [0.15, 0.2) is 0 Å². The Bertz CT molecular complexity index is 285. The topological polar surface area (TPSA) is 49.3 Å². The fourth-order valence-electron chi connectivity index (χ4n) is 3.05. The molecule has 2 N–H and O–H groups in total. The van der Waals surface area contributed by atoms with Crippen LogP contribution in [-0.4, -0.2) is 27.7 Å². The molecule has 0 bridgehead atoms. The molecule has 2 fully saturated rings. The van der Waals surface area contributed by atoms with E-state index < -0.39 is 5.97 Å². The van der Waals surface area contributed by atoms with Crippen LogP contribution >= 0.6 is 11.8 Å². The van der Waals surface area contributed by atoms with Gasteiger partial charge in [-0.25, -0.2) is 0 Å². The second kappa shape index (κ2) is 5.19. The number of aliphatic carboxylic acids is 1. The van der Waals surface area contributed by atoms with Crippen molar-refractivity contribution in [1.29, 1.82) is 0 Å². The molecule has 1 unspecified atom stereocenters. The molecule has 0 radical (unpaired) electrons. The SMILES string of the molecule is CC(C)C1CCC2(CC1)NC(C(=O)O)CCS2. The first-order valence-electron chi connectivity index (χ1n) is 6.67. The average Bonchev–Trinajstić information content (AvgIpc) is 2.29. The van der Waals surface area contributed by atoms with Gasteiger partial charge in [0.05, 0.1) is 4.87 Å². The molecule has 0 aromatic rings. The highest BCUT2D eigenvalue weighted by atomic mass is 32.2. The molecule has 1 saturated heterocycles. The van der Waals surface area contributed by atoms with Gasteiger partial charge in [-0.2, -0.15) is 0 Å². The summed E-state index contributed by atoms with van der Waals surface area (Å²) in [6, 6.07) is -0.327. The largest absolute Gasteiger partial charge is 0.480 e. The van der Waals surface area contributed by atoms with Crippen molar-refractivity contribution in [3.8, 4) is 0 Å². The molecule has 0 amide bonds. The molecule has 4 heteroatoms. The summed E-state index contributed by atoms with van der Waals surface area (Å²) in [6.45, 7) is 4.59. The van der Waals surface area contributed by atoms with Gasteiger partial charge in [0.2, 0.25) is 0 Å². The molecule has 98 valence electrons. The van der Waals surface area contributed by atoms with Crippen LogP contribution in [0.5, 0.6) is 0 Å². The minimum Gasteiger partial charge on any atom is -0.480 e. The molecule has 2 aliphatic rings. The second-order valence-electron chi connectivity index (χ2n) is 5.75. The Morgan fingerprint density at radius 1 is 1.35 bits per heavy atom. The second-order valence-corrected chi connectivity index (χ2v) is 7.23. The van der Waals surface area contributed by atoms with Gasteiger partial charge in [-0.3, -0.25) is 10.1 Å². The average molecular weight is 257 g/mol. The number of thioether (sulfide) groups is 1. The summed E-state index contributed by atoms with van der Waals surface area (Å²) in [5.74, 6) is 1.89. The van der Waals surface area contributed by atoms with Crippen LogP contribution in [0, 0.1) is 11.8 Å². The Kier molecular flexibility index (Phi) is 4.03. The number of nitrogens with one attached hydrogen (secondary N) is 1. The number of carboxylic acids is 1. The van der Waals surface area contributed by atoms with Crippen LogP contribution in [0.3, 0.4) is 0 Å². The molecule has 1 saturated carbocycles. The lowest BCUT2D eigenvalue weighted by atomic mass is 9.79. The first kappa shape index (κ1) is 13.2.